The van der Waals surface area contributed by atoms with Crippen molar-refractivity contribution in [1.29, 1.82) is 0 Å². The van der Waals surface area contributed by atoms with Crippen molar-refractivity contribution in [1.82, 2.24) is 0 Å². The zero-order chi connectivity index (χ0) is 12.0. The lowest BCUT2D eigenvalue weighted by Gasteiger charge is -2.03. The Morgan fingerprint density at radius 1 is 1.44 bits per heavy atom. The Labute approximate surface area is 99.3 Å². The van der Waals surface area contributed by atoms with E-state index in [1.807, 2.05) is 0 Å². The number of carbonyl (C=O) groups is 1. The molecule has 0 radical (unpaired) electrons. The van der Waals surface area contributed by atoms with Gasteiger partial charge < -0.3 is 9.84 Å². The van der Waals surface area contributed by atoms with Crippen molar-refractivity contribution in [3.63, 3.8) is 0 Å². The fourth-order valence-corrected chi connectivity index (χ4v) is 1.21. The first-order chi connectivity index (χ1) is 7.63. The van der Waals surface area contributed by atoms with Crippen molar-refractivity contribution >= 4 is 23.6 Å². The molecule has 1 rings (SSSR count). The number of halogens is 1. The van der Waals surface area contributed by atoms with Gasteiger partial charge in [0.25, 0.3) is 0 Å². The van der Waals surface area contributed by atoms with Crippen LogP contribution in [-0.4, -0.2) is 23.6 Å². The maximum absolute atomic E-state index is 10.6. The van der Waals surface area contributed by atoms with Gasteiger partial charge in [0.2, 0.25) is 0 Å². The molecule has 16 heavy (non-hydrogen) atoms. The highest BCUT2D eigenvalue weighted by atomic mass is 35.5. The summed E-state index contributed by atoms with van der Waals surface area (Å²) in [6, 6.07) is 7.17. The number of carboxylic acids is 1. The summed E-state index contributed by atoms with van der Waals surface area (Å²) in [6.07, 6.45) is 1.60. The zero-order valence-electron chi connectivity index (χ0n) is 8.94. The average molecular weight is 241 g/mol. The maximum Gasteiger partial charge on any atom is 0.331 e. The van der Waals surface area contributed by atoms with Crippen LogP contribution < -0.4 is 4.74 Å². The minimum absolute atomic E-state index is 0.300. The number of hydrogen-bond donors (Lipinski definition) is 1. The molecular formula is C12H13ClO3. The molecule has 0 atom stereocenters. The van der Waals surface area contributed by atoms with Gasteiger partial charge in [-0.15, -0.1) is 11.6 Å². The van der Waals surface area contributed by atoms with Crippen LogP contribution in [0.3, 0.4) is 0 Å². The number of hydrogen-bond acceptors (Lipinski definition) is 2. The third-order valence-corrected chi connectivity index (χ3v) is 2.10. The molecule has 1 N–H and O–H groups in total. The van der Waals surface area contributed by atoms with E-state index in [1.54, 1.807) is 37.3 Å². The molecule has 0 aliphatic carbocycles. The highest BCUT2D eigenvalue weighted by Crippen LogP contribution is 2.14. The number of aliphatic carboxylic acids is 1. The molecule has 0 spiro atoms. The number of rotatable bonds is 5. The lowest BCUT2D eigenvalue weighted by atomic mass is 10.1. The second-order valence-corrected chi connectivity index (χ2v) is 3.62. The summed E-state index contributed by atoms with van der Waals surface area (Å²) in [5.41, 5.74) is 1.13. The van der Waals surface area contributed by atoms with Crippen LogP contribution in [0.5, 0.6) is 5.75 Å². The van der Waals surface area contributed by atoms with Crippen LogP contribution in [0.2, 0.25) is 0 Å². The molecule has 0 heterocycles. The summed E-state index contributed by atoms with van der Waals surface area (Å²) in [5, 5.41) is 8.71. The summed E-state index contributed by atoms with van der Waals surface area (Å²) in [5.74, 6) is 0.257. The smallest absolute Gasteiger partial charge is 0.331 e. The summed E-state index contributed by atoms with van der Waals surface area (Å²) in [7, 11) is 0. The number of ether oxygens (including phenoxy) is 1. The normalized spacial score (nSPS) is 11.2. The predicted molar refractivity (Wildman–Crippen MR) is 63.9 cm³/mol. The lowest BCUT2D eigenvalue weighted by Crippen LogP contribution is -1.98. The largest absolute Gasteiger partial charge is 0.492 e. The molecule has 0 aromatic heterocycles. The van der Waals surface area contributed by atoms with Gasteiger partial charge in [0.05, 0.1) is 5.88 Å². The Balaban J connectivity index is 2.71. The van der Waals surface area contributed by atoms with Gasteiger partial charge in [-0.25, -0.2) is 4.79 Å². The predicted octanol–water partition coefficient (Wildman–Crippen LogP) is 2.79. The molecule has 0 bridgehead atoms. The van der Waals surface area contributed by atoms with Crippen molar-refractivity contribution in [3.05, 3.63) is 35.4 Å². The molecule has 0 saturated carbocycles. The molecule has 1 aromatic rings. The molecule has 0 fully saturated rings. The molecule has 0 unspecified atom stereocenters. The van der Waals surface area contributed by atoms with Gasteiger partial charge in [-0.05, 0) is 30.7 Å². The van der Waals surface area contributed by atoms with Gasteiger partial charge in [0, 0.05) is 5.57 Å². The fraction of sp³-hybridized carbons (Fsp3) is 0.250. The molecule has 0 aliphatic rings. The highest BCUT2D eigenvalue weighted by molar-refractivity contribution is 6.18. The zero-order valence-corrected chi connectivity index (χ0v) is 9.70. The Morgan fingerprint density at radius 3 is 2.56 bits per heavy atom. The van der Waals surface area contributed by atoms with Gasteiger partial charge in [-0.3, -0.25) is 0 Å². The molecule has 1 aromatic carbocycles. The van der Waals surface area contributed by atoms with Crippen LogP contribution in [0.15, 0.2) is 29.8 Å². The van der Waals surface area contributed by atoms with Crippen molar-refractivity contribution < 1.29 is 14.6 Å². The fourth-order valence-electron chi connectivity index (χ4n) is 1.13. The van der Waals surface area contributed by atoms with Gasteiger partial charge in [0.15, 0.2) is 0 Å². The second-order valence-electron chi connectivity index (χ2n) is 3.24. The van der Waals surface area contributed by atoms with Crippen molar-refractivity contribution in [3.8, 4) is 5.75 Å². The van der Waals surface area contributed by atoms with E-state index in [-0.39, 0.29) is 0 Å². The summed E-state index contributed by atoms with van der Waals surface area (Å²) in [6.45, 7) is 2.02. The minimum Gasteiger partial charge on any atom is -0.492 e. The van der Waals surface area contributed by atoms with Gasteiger partial charge in [-0.2, -0.15) is 0 Å². The topological polar surface area (TPSA) is 46.5 Å². The summed E-state index contributed by atoms with van der Waals surface area (Å²) >= 11 is 5.49. The molecule has 86 valence electrons. The Morgan fingerprint density at radius 2 is 2.06 bits per heavy atom. The molecule has 0 saturated heterocycles. The van der Waals surface area contributed by atoms with E-state index in [1.165, 1.54) is 0 Å². The third-order valence-electron chi connectivity index (χ3n) is 1.95. The Hall–Kier alpha value is -1.48. The van der Waals surface area contributed by atoms with Crippen LogP contribution in [-0.2, 0) is 4.79 Å². The standard InChI is InChI=1S/C12H13ClO3/c1-9(12(14)15)8-10-2-4-11(5-3-10)16-7-6-13/h2-5,8H,6-7H2,1H3,(H,14,15)/b9-8+. The third kappa shape index (κ3) is 3.95. The SMILES string of the molecule is C/C(=C\c1ccc(OCCCl)cc1)C(=O)O. The lowest BCUT2D eigenvalue weighted by molar-refractivity contribution is -0.132. The van der Waals surface area contributed by atoms with Crippen LogP contribution in [0.4, 0.5) is 0 Å². The van der Waals surface area contributed by atoms with E-state index in [0.29, 0.717) is 18.1 Å². The molecular weight excluding hydrogens is 228 g/mol. The van der Waals surface area contributed by atoms with Crippen molar-refractivity contribution in [2.45, 2.75) is 6.92 Å². The average Bonchev–Trinajstić information content (AvgIpc) is 2.28. The highest BCUT2D eigenvalue weighted by Gasteiger charge is 2.00. The molecule has 3 nitrogen and oxygen atoms in total. The van der Waals surface area contributed by atoms with Gasteiger partial charge in [0.1, 0.15) is 12.4 Å². The summed E-state index contributed by atoms with van der Waals surface area (Å²) in [4.78, 5) is 10.6. The number of carboxylic acid groups (broad SMARTS) is 1. The number of alkyl halides is 1. The second kappa shape index (κ2) is 6.18. The van der Waals surface area contributed by atoms with Crippen LogP contribution >= 0.6 is 11.6 Å². The minimum atomic E-state index is -0.914. The summed E-state index contributed by atoms with van der Waals surface area (Å²) < 4.78 is 5.29. The first-order valence-corrected chi connectivity index (χ1v) is 5.37. The van der Waals surface area contributed by atoms with Crippen LogP contribution in [0.25, 0.3) is 6.08 Å². The number of benzene rings is 1. The van der Waals surface area contributed by atoms with Crippen LogP contribution in [0, 0.1) is 0 Å². The quantitative estimate of drug-likeness (QED) is 0.636. The Kier molecular flexibility index (Phi) is 4.86. The van der Waals surface area contributed by atoms with E-state index in [4.69, 9.17) is 21.4 Å². The molecule has 0 amide bonds. The monoisotopic (exact) mass is 240 g/mol. The van der Waals surface area contributed by atoms with Crippen molar-refractivity contribution in [2.24, 2.45) is 0 Å². The molecule has 0 aliphatic heterocycles. The Bertz CT molecular complexity index is 382. The van der Waals surface area contributed by atoms with E-state index in [2.05, 4.69) is 0 Å². The van der Waals surface area contributed by atoms with E-state index in [0.717, 1.165) is 11.3 Å². The van der Waals surface area contributed by atoms with Gasteiger partial charge >= 0.3 is 5.97 Å². The molecule has 4 heteroatoms. The first kappa shape index (κ1) is 12.6. The maximum atomic E-state index is 10.6. The van der Waals surface area contributed by atoms with Crippen LogP contribution in [0.1, 0.15) is 12.5 Å². The first-order valence-electron chi connectivity index (χ1n) is 4.84. The van der Waals surface area contributed by atoms with E-state index in [9.17, 15) is 4.79 Å². The van der Waals surface area contributed by atoms with E-state index >= 15 is 0 Å². The van der Waals surface area contributed by atoms with Gasteiger partial charge in [-0.1, -0.05) is 12.1 Å². The van der Waals surface area contributed by atoms with Crippen molar-refractivity contribution in [2.75, 3.05) is 12.5 Å². The van der Waals surface area contributed by atoms with E-state index < -0.39 is 5.97 Å².